The van der Waals surface area contributed by atoms with Crippen LogP contribution in [0.4, 0.5) is 5.95 Å². The smallest absolute Gasteiger partial charge is 0.224 e. The molecule has 1 N–H and O–H groups in total. The van der Waals surface area contributed by atoms with Crippen molar-refractivity contribution in [2.45, 2.75) is 20.8 Å². The largest absolute Gasteiger partial charge is 0.466 e. The van der Waals surface area contributed by atoms with Crippen LogP contribution in [0.1, 0.15) is 17.1 Å². The number of aromatic nitrogens is 3. The number of aryl methyl sites for hydroxylation is 2. The van der Waals surface area contributed by atoms with Crippen LogP contribution in [0.25, 0.3) is 11.4 Å². The normalized spacial score (nSPS) is 10.8. The minimum atomic E-state index is 0.743. The fourth-order valence-corrected chi connectivity index (χ4v) is 1.89. The minimum Gasteiger partial charge on any atom is -0.466 e. The molecule has 0 bridgehead atoms. The molecule has 0 fully saturated rings. The van der Waals surface area contributed by atoms with Crippen molar-refractivity contribution in [3.63, 3.8) is 0 Å². The Balaban J connectivity index is 2.63. The molecule has 0 radical (unpaired) electrons. The maximum atomic E-state index is 5.60. The van der Waals surface area contributed by atoms with Gasteiger partial charge >= 0.3 is 0 Å². The molecule has 5 heteroatoms. The van der Waals surface area contributed by atoms with Gasteiger partial charge in [0.15, 0.2) is 5.82 Å². The SMILES string of the molecule is CNc1nnc(-c2c(C)oc(C)c2C)n1C. The highest BCUT2D eigenvalue weighted by Crippen LogP contribution is 2.30. The Labute approximate surface area is 94.5 Å². The van der Waals surface area contributed by atoms with E-state index in [1.807, 2.05) is 39.4 Å². The first-order valence-corrected chi connectivity index (χ1v) is 5.20. The Morgan fingerprint density at radius 3 is 2.25 bits per heavy atom. The molecule has 0 unspecified atom stereocenters. The zero-order valence-corrected chi connectivity index (χ0v) is 10.2. The maximum Gasteiger partial charge on any atom is 0.224 e. The van der Waals surface area contributed by atoms with Crippen LogP contribution in [0.15, 0.2) is 4.42 Å². The molecule has 0 aliphatic carbocycles. The molecule has 5 nitrogen and oxygen atoms in total. The second-order valence-electron chi connectivity index (χ2n) is 3.87. The monoisotopic (exact) mass is 220 g/mol. The molecule has 2 aromatic heterocycles. The molecule has 0 aromatic carbocycles. The zero-order valence-electron chi connectivity index (χ0n) is 10.2. The zero-order chi connectivity index (χ0) is 11.9. The lowest BCUT2D eigenvalue weighted by Crippen LogP contribution is -2.00. The molecular formula is C11H16N4O. The summed E-state index contributed by atoms with van der Waals surface area (Å²) in [7, 11) is 3.76. The summed E-state index contributed by atoms with van der Waals surface area (Å²) in [5.74, 6) is 3.39. The van der Waals surface area contributed by atoms with Crippen LogP contribution in [-0.2, 0) is 7.05 Å². The van der Waals surface area contributed by atoms with Gasteiger partial charge in [-0.05, 0) is 20.8 Å². The standard InChI is InChI=1S/C11H16N4O/c1-6-7(2)16-8(3)9(6)10-13-14-11(12-4)15(10)5/h1-5H3,(H,12,14). The lowest BCUT2D eigenvalue weighted by Gasteiger charge is -2.02. The van der Waals surface area contributed by atoms with E-state index in [0.29, 0.717) is 0 Å². The van der Waals surface area contributed by atoms with Gasteiger partial charge in [-0.25, -0.2) is 0 Å². The Kier molecular flexibility index (Phi) is 2.46. The van der Waals surface area contributed by atoms with E-state index in [2.05, 4.69) is 15.5 Å². The molecule has 0 atom stereocenters. The fourth-order valence-electron chi connectivity index (χ4n) is 1.89. The quantitative estimate of drug-likeness (QED) is 0.841. The van der Waals surface area contributed by atoms with Crippen LogP contribution >= 0.6 is 0 Å². The molecule has 0 aliphatic rings. The first-order chi connectivity index (χ1) is 7.56. The van der Waals surface area contributed by atoms with E-state index in [1.54, 1.807) is 0 Å². The van der Waals surface area contributed by atoms with Gasteiger partial charge in [0.25, 0.3) is 0 Å². The lowest BCUT2D eigenvalue weighted by atomic mass is 10.1. The summed E-state index contributed by atoms with van der Waals surface area (Å²) in [4.78, 5) is 0. The molecule has 2 heterocycles. The summed E-state index contributed by atoms with van der Waals surface area (Å²) in [6.45, 7) is 5.94. The minimum absolute atomic E-state index is 0.743. The first-order valence-electron chi connectivity index (χ1n) is 5.20. The van der Waals surface area contributed by atoms with Crippen molar-refractivity contribution >= 4 is 5.95 Å². The summed E-state index contributed by atoms with van der Waals surface area (Å²) in [6, 6.07) is 0. The summed E-state index contributed by atoms with van der Waals surface area (Å²) < 4.78 is 7.52. The number of anilines is 1. The molecule has 0 spiro atoms. The van der Waals surface area contributed by atoms with Gasteiger partial charge in [-0.1, -0.05) is 0 Å². The Morgan fingerprint density at radius 2 is 1.81 bits per heavy atom. The van der Waals surface area contributed by atoms with Crippen molar-refractivity contribution in [2.24, 2.45) is 7.05 Å². The highest BCUT2D eigenvalue weighted by molar-refractivity contribution is 5.65. The maximum absolute atomic E-state index is 5.60. The molecule has 2 rings (SSSR count). The second kappa shape index (κ2) is 3.66. The van der Waals surface area contributed by atoms with Crippen LogP contribution in [0.5, 0.6) is 0 Å². The lowest BCUT2D eigenvalue weighted by molar-refractivity contribution is 0.503. The summed E-state index contributed by atoms with van der Waals surface area (Å²) in [5, 5.41) is 11.2. The topological polar surface area (TPSA) is 55.9 Å². The van der Waals surface area contributed by atoms with Crippen molar-refractivity contribution in [3.05, 3.63) is 17.1 Å². The van der Waals surface area contributed by atoms with Gasteiger partial charge in [-0.2, -0.15) is 0 Å². The van der Waals surface area contributed by atoms with Gasteiger partial charge < -0.3 is 9.73 Å². The van der Waals surface area contributed by atoms with Crippen LogP contribution in [0, 0.1) is 20.8 Å². The van der Waals surface area contributed by atoms with Crippen molar-refractivity contribution in [2.75, 3.05) is 12.4 Å². The molecular weight excluding hydrogens is 204 g/mol. The molecule has 0 aliphatic heterocycles. The number of nitrogens with zero attached hydrogens (tertiary/aromatic N) is 3. The number of hydrogen-bond acceptors (Lipinski definition) is 4. The highest BCUT2D eigenvalue weighted by atomic mass is 16.3. The van der Waals surface area contributed by atoms with Gasteiger partial charge in [-0.15, -0.1) is 10.2 Å². The van der Waals surface area contributed by atoms with E-state index in [4.69, 9.17) is 4.42 Å². The van der Waals surface area contributed by atoms with Crippen LogP contribution in [0.3, 0.4) is 0 Å². The van der Waals surface area contributed by atoms with E-state index in [-0.39, 0.29) is 0 Å². The number of nitrogens with one attached hydrogen (secondary N) is 1. The van der Waals surface area contributed by atoms with Crippen molar-refractivity contribution in [1.82, 2.24) is 14.8 Å². The number of hydrogen-bond donors (Lipinski definition) is 1. The van der Waals surface area contributed by atoms with E-state index >= 15 is 0 Å². The van der Waals surface area contributed by atoms with Crippen LogP contribution < -0.4 is 5.32 Å². The van der Waals surface area contributed by atoms with E-state index in [9.17, 15) is 0 Å². The molecule has 16 heavy (non-hydrogen) atoms. The second-order valence-corrected chi connectivity index (χ2v) is 3.87. The summed E-state index contributed by atoms with van der Waals surface area (Å²) >= 11 is 0. The van der Waals surface area contributed by atoms with Gasteiger partial charge in [0.2, 0.25) is 5.95 Å². The van der Waals surface area contributed by atoms with Gasteiger partial charge in [0, 0.05) is 19.7 Å². The van der Waals surface area contributed by atoms with E-state index in [1.165, 1.54) is 0 Å². The fraction of sp³-hybridized carbons (Fsp3) is 0.455. The third kappa shape index (κ3) is 1.39. The third-order valence-corrected chi connectivity index (χ3v) is 2.88. The molecule has 0 saturated heterocycles. The van der Waals surface area contributed by atoms with E-state index < -0.39 is 0 Å². The van der Waals surface area contributed by atoms with E-state index in [0.717, 1.165) is 34.4 Å². The molecule has 86 valence electrons. The Morgan fingerprint density at radius 1 is 1.12 bits per heavy atom. The first kappa shape index (κ1) is 10.7. The average molecular weight is 220 g/mol. The average Bonchev–Trinajstić information content (AvgIpc) is 2.70. The van der Waals surface area contributed by atoms with Gasteiger partial charge in [0.1, 0.15) is 11.5 Å². The third-order valence-electron chi connectivity index (χ3n) is 2.88. The summed E-state index contributed by atoms with van der Waals surface area (Å²) in [6.07, 6.45) is 0. The molecule has 2 aromatic rings. The molecule has 0 saturated carbocycles. The van der Waals surface area contributed by atoms with Crippen LogP contribution in [0.2, 0.25) is 0 Å². The molecule has 0 amide bonds. The number of furan rings is 1. The predicted octanol–water partition coefficient (Wildman–Crippen LogP) is 2.04. The van der Waals surface area contributed by atoms with Gasteiger partial charge in [-0.3, -0.25) is 4.57 Å². The van der Waals surface area contributed by atoms with Crippen molar-refractivity contribution in [1.29, 1.82) is 0 Å². The Hall–Kier alpha value is -1.78. The van der Waals surface area contributed by atoms with Crippen molar-refractivity contribution in [3.8, 4) is 11.4 Å². The highest BCUT2D eigenvalue weighted by Gasteiger charge is 2.18. The number of rotatable bonds is 2. The predicted molar refractivity (Wildman–Crippen MR) is 62.5 cm³/mol. The van der Waals surface area contributed by atoms with Crippen LogP contribution in [-0.4, -0.2) is 21.8 Å². The Bertz CT molecular complexity index is 524. The summed E-state index contributed by atoms with van der Waals surface area (Å²) in [5.41, 5.74) is 2.16. The van der Waals surface area contributed by atoms with Gasteiger partial charge in [0.05, 0.1) is 5.56 Å². The van der Waals surface area contributed by atoms with Crippen molar-refractivity contribution < 1.29 is 4.42 Å².